The van der Waals surface area contributed by atoms with E-state index in [0.29, 0.717) is 22.5 Å². The standard InChI is InChI=1S/C16H13F3N2O/c1-3-8-21-10(2)13(15(20)22)9-14(21)11-4-6-12(7-5-11)16(17,18)19/h1,4-7,9H,8H2,2H3,(H2,20,22). The fourth-order valence-corrected chi connectivity index (χ4v) is 2.26. The fourth-order valence-electron chi connectivity index (χ4n) is 2.26. The molecule has 0 bridgehead atoms. The van der Waals surface area contributed by atoms with E-state index in [1.54, 1.807) is 11.5 Å². The summed E-state index contributed by atoms with van der Waals surface area (Å²) < 4.78 is 39.5. The molecule has 0 aliphatic rings. The zero-order valence-electron chi connectivity index (χ0n) is 11.7. The number of carbonyl (C=O) groups excluding carboxylic acids is 1. The van der Waals surface area contributed by atoms with E-state index < -0.39 is 17.6 Å². The molecule has 0 fully saturated rings. The number of primary amides is 1. The third-order valence-corrected chi connectivity index (χ3v) is 3.39. The average Bonchev–Trinajstić information content (AvgIpc) is 2.76. The van der Waals surface area contributed by atoms with E-state index >= 15 is 0 Å². The maximum absolute atomic E-state index is 12.6. The van der Waals surface area contributed by atoms with E-state index in [-0.39, 0.29) is 6.54 Å². The van der Waals surface area contributed by atoms with E-state index in [1.165, 1.54) is 18.2 Å². The predicted molar refractivity (Wildman–Crippen MR) is 77.0 cm³/mol. The Morgan fingerprint density at radius 1 is 1.32 bits per heavy atom. The van der Waals surface area contributed by atoms with Gasteiger partial charge in [-0.1, -0.05) is 18.1 Å². The molecule has 6 heteroatoms. The Morgan fingerprint density at radius 3 is 2.36 bits per heavy atom. The summed E-state index contributed by atoms with van der Waals surface area (Å²) >= 11 is 0. The van der Waals surface area contributed by atoms with Crippen molar-refractivity contribution < 1.29 is 18.0 Å². The molecule has 2 aromatic rings. The normalized spacial score (nSPS) is 11.2. The van der Waals surface area contributed by atoms with Gasteiger partial charge in [0.1, 0.15) is 0 Å². The van der Waals surface area contributed by atoms with Gasteiger partial charge in [-0.15, -0.1) is 6.42 Å². The largest absolute Gasteiger partial charge is 0.416 e. The zero-order valence-corrected chi connectivity index (χ0v) is 11.7. The van der Waals surface area contributed by atoms with Crippen molar-refractivity contribution in [1.29, 1.82) is 0 Å². The monoisotopic (exact) mass is 306 g/mol. The molecule has 0 aliphatic heterocycles. The summed E-state index contributed by atoms with van der Waals surface area (Å²) in [5.41, 5.74) is 6.52. The van der Waals surface area contributed by atoms with Crippen LogP contribution in [0.15, 0.2) is 30.3 Å². The molecule has 0 saturated heterocycles. The van der Waals surface area contributed by atoms with Crippen LogP contribution in [0.4, 0.5) is 13.2 Å². The van der Waals surface area contributed by atoms with E-state index in [4.69, 9.17) is 12.2 Å². The molecule has 0 spiro atoms. The highest BCUT2D eigenvalue weighted by Gasteiger charge is 2.30. The number of terminal acetylenes is 1. The van der Waals surface area contributed by atoms with Crippen molar-refractivity contribution in [2.24, 2.45) is 5.73 Å². The maximum Gasteiger partial charge on any atom is 0.416 e. The Balaban J connectivity index is 2.55. The molecule has 22 heavy (non-hydrogen) atoms. The van der Waals surface area contributed by atoms with Crippen LogP contribution in [0.2, 0.25) is 0 Å². The van der Waals surface area contributed by atoms with Gasteiger partial charge >= 0.3 is 6.18 Å². The van der Waals surface area contributed by atoms with E-state index in [0.717, 1.165) is 12.1 Å². The Morgan fingerprint density at radius 2 is 1.91 bits per heavy atom. The van der Waals surface area contributed by atoms with Crippen LogP contribution < -0.4 is 5.73 Å². The minimum atomic E-state index is -4.40. The number of hydrogen-bond donors (Lipinski definition) is 1. The first-order valence-electron chi connectivity index (χ1n) is 6.36. The fraction of sp³-hybridized carbons (Fsp3) is 0.188. The van der Waals surface area contributed by atoms with Crippen LogP contribution in [0.5, 0.6) is 0 Å². The Hall–Kier alpha value is -2.68. The SMILES string of the molecule is C#CCn1c(-c2ccc(C(F)(F)F)cc2)cc(C(N)=O)c1C. The van der Waals surface area contributed by atoms with Crippen LogP contribution in [0.1, 0.15) is 21.6 Å². The number of rotatable bonds is 3. The highest BCUT2D eigenvalue weighted by atomic mass is 19.4. The summed E-state index contributed by atoms with van der Waals surface area (Å²) in [6.45, 7) is 1.88. The number of alkyl halides is 3. The molecule has 1 amide bonds. The second-order valence-electron chi connectivity index (χ2n) is 4.76. The van der Waals surface area contributed by atoms with Crippen LogP contribution >= 0.6 is 0 Å². The van der Waals surface area contributed by atoms with Gasteiger partial charge in [0.25, 0.3) is 5.91 Å². The summed E-state index contributed by atoms with van der Waals surface area (Å²) in [5.74, 6) is 1.84. The number of carbonyl (C=O) groups is 1. The molecule has 0 radical (unpaired) electrons. The summed E-state index contributed by atoms with van der Waals surface area (Å²) in [6.07, 6.45) is 0.912. The number of nitrogens with two attached hydrogens (primary N) is 1. The lowest BCUT2D eigenvalue weighted by Gasteiger charge is -2.10. The highest BCUT2D eigenvalue weighted by molar-refractivity contribution is 5.95. The molecule has 114 valence electrons. The first-order chi connectivity index (χ1) is 10.3. The Kier molecular flexibility index (Phi) is 4.00. The zero-order chi connectivity index (χ0) is 16.5. The minimum absolute atomic E-state index is 0.190. The number of benzene rings is 1. The number of nitrogens with zero attached hydrogens (tertiary/aromatic N) is 1. The van der Waals surface area contributed by atoms with Gasteiger partial charge in [0.15, 0.2) is 0 Å². The van der Waals surface area contributed by atoms with Gasteiger partial charge in [-0.25, -0.2) is 0 Å². The van der Waals surface area contributed by atoms with Gasteiger partial charge in [-0.2, -0.15) is 13.2 Å². The van der Waals surface area contributed by atoms with Crippen LogP contribution in [0.25, 0.3) is 11.3 Å². The maximum atomic E-state index is 12.6. The summed E-state index contributed by atoms with van der Waals surface area (Å²) in [7, 11) is 0. The first-order valence-corrected chi connectivity index (χ1v) is 6.36. The number of halogens is 3. The number of hydrogen-bond acceptors (Lipinski definition) is 1. The van der Waals surface area contributed by atoms with E-state index in [9.17, 15) is 18.0 Å². The summed E-state index contributed by atoms with van der Waals surface area (Å²) in [4.78, 5) is 11.4. The van der Waals surface area contributed by atoms with Gasteiger partial charge in [-0.05, 0) is 30.7 Å². The summed E-state index contributed by atoms with van der Waals surface area (Å²) in [5, 5.41) is 0. The highest BCUT2D eigenvalue weighted by Crippen LogP contribution is 2.32. The summed E-state index contributed by atoms with van der Waals surface area (Å²) in [6, 6.07) is 6.20. The van der Waals surface area contributed by atoms with Crippen LogP contribution in [0, 0.1) is 19.3 Å². The third-order valence-electron chi connectivity index (χ3n) is 3.39. The molecule has 0 atom stereocenters. The molecule has 2 rings (SSSR count). The quantitative estimate of drug-likeness (QED) is 0.870. The first kappa shape index (κ1) is 15.7. The molecule has 0 saturated carbocycles. The van der Waals surface area contributed by atoms with Gasteiger partial charge in [-0.3, -0.25) is 4.79 Å². The molecule has 3 nitrogen and oxygen atoms in total. The number of amides is 1. The smallest absolute Gasteiger partial charge is 0.366 e. The second-order valence-corrected chi connectivity index (χ2v) is 4.76. The lowest BCUT2D eigenvalue weighted by Crippen LogP contribution is -2.12. The molecule has 0 aliphatic carbocycles. The predicted octanol–water partition coefficient (Wildman–Crippen LogP) is 3.21. The second kappa shape index (κ2) is 5.60. The Bertz CT molecular complexity index is 749. The van der Waals surface area contributed by atoms with Crippen LogP contribution in [0.3, 0.4) is 0 Å². The van der Waals surface area contributed by atoms with Gasteiger partial charge in [0.2, 0.25) is 0 Å². The molecule has 1 heterocycles. The third kappa shape index (κ3) is 2.84. The van der Waals surface area contributed by atoms with Crippen molar-refractivity contribution in [3.8, 4) is 23.6 Å². The van der Waals surface area contributed by atoms with Crippen molar-refractivity contribution in [2.75, 3.05) is 0 Å². The number of aromatic nitrogens is 1. The van der Waals surface area contributed by atoms with Crippen molar-refractivity contribution >= 4 is 5.91 Å². The molecule has 1 aromatic heterocycles. The molecule has 1 aromatic carbocycles. The molecular formula is C16H13F3N2O. The van der Waals surface area contributed by atoms with Crippen molar-refractivity contribution in [3.63, 3.8) is 0 Å². The Labute approximate surface area is 125 Å². The molecular weight excluding hydrogens is 293 g/mol. The van der Waals surface area contributed by atoms with Gasteiger partial charge in [0, 0.05) is 11.4 Å². The minimum Gasteiger partial charge on any atom is -0.366 e. The van der Waals surface area contributed by atoms with Gasteiger partial charge < -0.3 is 10.3 Å². The lowest BCUT2D eigenvalue weighted by molar-refractivity contribution is -0.137. The van der Waals surface area contributed by atoms with Crippen molar-refractivity contribution in [1.82, 2.24) is 4.57 Å². The van der Waals surface area contributed by atoms with Crippen LogP contribution in [-0.2, 0) is 12.7 Å². The van der Waals surface area contributed by atoms with E-state index in [2.05, 4.69) is 5.92 Å². The lowest BCUT2D eigenvalue weighted by atomic mass is 10.1. The topological polar surface area (TPSA) is 48.0 Å². The van der Waals surface area contributed by atoms with Crippen molar-refractivity contribution in [3.05, 3.63) is 47.2 Å². The van der Waals surface area contributed by atoms with E-state index in [1.807, 2.05) is 0 Å². The van der Waals surface area contributed by atoms with Crippen molar-refractivity contribution in [2.45, 2.75) is 19.6 Å². The van der Waals surface area contributed by atoms with Gasteiger partial charge in [0.05, 0.1) is 17.7 Å². The van der Waals surface area contributed by atoms with Crippen LogP contribution in [-0.4, -0.2) is 10.5 Å². The molecule has 0 unspecified atom stereocenters. The molecule has 2 N–H and O–H groups in total. The average molecular weight is 306 g/mol.